The molecule has 1 aromatic carbocycles. The summed E-state index contributed by atoms with van der Waals surface area (Å²) in [5, 5.41) is 10.3. The van der Waals surface area contributed by atoms with E-state index in [9.17, 15) is 0 Å². The fraction of sp³-hybridized carbons (Fsp3) is 0.385. The van der Waals surface area contributed by atoms with Crippen LogP contribution in [0.5, 0.6) is 0 Å². The predicted molar refractivity (Wildman–Crippen MR) is 61.1 cm³/mol. The third-order valence-corrected chi connectivity index (χ3v) is 3.31. The SMILES string of the molecule is OCCc1ccc2[nH]c3c(c2c1)CCC3. The molecule has 0 atom stereocenters. The van der Waals surface area contributed by atoms with Gasteiger partial charge in [0, 0.05) is 23.2 Å². The molecule has 2 heteroatoms. The van der Waals surface area contributed by atoms with E-state index in [1.165, 1.54) is 47.0 Å². The van der Waals surface area contributed by atoms with Crippen molar-refractivity contribution in [2.45, 2.75) is 25.7 Å². The lowest BCUT2D eigenvalue weighted by atomic mass is 10.1. The minimum atomic E-state index is 0.234. The van der Waals surface area contributed by atoms with Crippen molar-refractivity contribution in [3.05, 3.63) is 35.0 Å². The highest BCUT2D eigenvalue weighted by Crippen LogP contribution is 2.30. The van der Waals surface area contributed by atoms with Gasteiger partial charge in [-0.25, -0.2) is 0 Å². The van der Waals surface area contributed by atoms with Gasteiger partial charge in [0.15, 0.2) is 0 Å². The third-order valence-electron chi connectivity index (χ3n) is 3.31. The second kappa shape index (κ2) is 3.38. The lowest BCUT2D eigenvalue weighted by Gasteiger charge is -1.99. The standard InChI is InChI=1S/C13H15NO/c15-7-6-9-4-5-13-11(8-9)10-2-1-3-12(10)14-13/h4-5,8,14-15H,1-3,6-7H2. The first-order chi connectivity index (χ1) is 7.38. The van der Waals surface area contributed by atoms with Gasteiger partial charge in [-0.2, -0.15) is 0 Å². The molecule has 15 heavy (non-hydrogen) atoms. The Kier molecular flexibility index (Phi) is 2.03. The van der Waals surface area contributed by atoms with Crippen LogP contribution in [0.4, 0.5) is 0 Å². The number of nitrogens with one attached hydrogen (secondary N) is 1. The first kappa shape index (κ1) is 8.98. The van der Waals surface area contributed by atoms with Gasteiger partial charge in [-0.1, -0.05) is 6.07 Å². The van der Waals surface area contributed by atoms with Crippen molar-refractivity contribution in [2.75, 3.05) is 6.61 Å². The van der Waals surface area contributed by atoms with E-state index in [4.69, 9.17) is 5.11 Å². The first-order valence-corrected chi connectivity index (χ1v) is 5.61. The number of aliphatic hydroxyl groups is 1. The van der Waals surface area contributed by atoms with E-state index >= 15 is 0 Å². The maximum absolute atomic E-state index is 8.93. The fourth-order valence-electron chi connectivity index (χ4n) is 2.58. The minimum absolute atomic E-state index is 0.234. The van der Waals surface area contributed by atoms with Gasteiger partial charge in [0.25, 0.3) is 0 Å². The summed E-state index contributed by atoms with van der Waals surface area (Å²) in [5.74, 6) is 0. The lowest BCUT2D eigenvalue weighted by Crippen LogP contribution is -1.90. The van der Waals surface area contributed by atoms with Crippen molar-refractivity contribution >= 4 is 10.9 Å². The Labute approximate surface area is 88.9 Å². The van der Waals surface area contributed by atoms with Crippen LogP contribution in [0.25, 0.3) is 10.9 Å². The van der Waals surface area contributed by atoms with Crippen LogP contribution in [0.2, 0.25) is 0 Å². The van der Waals surface area contributed by atoms with E-state index < -0.39 is 0 Å². The van der Waals surface area contributed by atoms with Crippen molar-refractivity contribution in [3.8, 4) is 0 Å². The molecule has 0 unspecified atom stereocenters. The quantitative estimate of drug-likeness (QED) is 0.767. The molecule has 2 aromatic rings. The summed E-state index contributed by atoms with van der Waals surface area (Å²) >= 11 is 0. The predicted octanol–water partition coefficient (Wildman–Crippen LogP) is 2.19. The summed E-state index contributed by atoms with van der Waals surface area (Å²) in [6, 6.07) is 6.47. The molecule has 0 saturated carbocycles. The Bertz CT molecular complexity index is 498. The Hall–Kier alpha value is -1.28. The average molecular weight is 201 g/mol. The third kappa shape index (κ3) is 1.37. The molecule has 0 spiro atoms. The molecule has 1 aliphatic carbocycles. The van der Waals surface area contributed by atoms with E-state index in [1.54, 1.807) is 0 Å². The van der Waals surface area contributed by atoms with Crippen molar-refractivity contribution in [3.63, 3.8) is 0 Å². The second-order valence-corrected chi connectivity index (χ2v) is 4.29. The average Bonchev–Trinajstić information content (AvgIpc) is 2.78. The van der Waals surface area contributed by atoms with Crippen LogP contribution in [0.3, 0.4) is 0 Å². The molecular weight excluding hydrogens is 186 g/mol. The van der Waals surface area contributed by atoms with E-state index in [-0.39, 0.29) is 6.61 Å². The Balaban J connectivity index is 2.16. The number of fused-ring (bicyclic) bond motifs is 3. The van der Waals surface area contributed by atoms with E-state index in [1.807, 2.05) is 0 Å². The van der Waals surface area contributed by atoms with Gasteiger partial charge in [0.2, 0.25) is 0 Å². The van der Waals surface area contributed by atoms with Crippen molar-refractivity contribution < 1.29 is 5.11 Å². The number of aryl methyl sites for hydroxylation is 2. The van der Waals surface area contributed by atoms with Gasteiger partial charge in [0.1, 0.15) is 0 Å². The van der Waals surface area contributed by atoms with Crippen LogP contribution in [-0.4, -0.2) is 16.7 Å². The second-order valence-electron chi connectivity index (χ2n) is 4.29. The van der Waals surface area contributed by atoms with Gasteiger partial charge in [0.05, 0.1) is 0 Å². The Morgan fingerprint density at radius 3 is 3.07 bits per heavy atom. The summed E-state index contributed by atoms with van der Waals surface area (Å²) in [7, 11) is 0. The Morgan fingerprint density at radius 1 is 1.27 bits per heavy atom. The van der Waals surface area contributed by atoms with Gasteiger partial charge in [-0.3, -0.25) is 0 Å². The number of aliphatic hydroxyl groups excluding tert-OH is 1. The molecule has 0 saturated heterocycles. The molecule has 1 aliphatic rings. The lowest BCUT2D eigenvalue weighted by molar-refractivity contribution is 0.299. The number of rotatable bonds is 2. The molecule has 1 aromatic heterocycles. The molecule has 0 radical (unpaired) electrons. The molecule has 2 nitrogen and oxygen atoms in total. The highest BCUT2D eigenvalue weighted by molar-refractivity contribution is 5.85. The normalized spacial score (nSPS) is 14.7. The summed E-state index contributed by atoms with van der Waals surface area (Å²) in [5.41, 5.74) is 5.41. The Morgan fingerprint density at radius 2 is 2.20 bits per heavy atom. The monoisotopic (exact) mass is 201 g/mol. The summed E-state index contributed by atoms with van der Waals surface area (Å²) in [6.45, 7) is 0.234. The molecule has 78 valence electrons. The zero-order chi connectivity index (χ0) is 10.3. The summed E-state index contributed by atoms with van der Waals surface area (Å²) in [6.07, 6.45) is 4.44. The topological polar surface area (TPSA) is 36.0 Å². The molecule has 0 aliphatic heterocycles. The maximum Gasteiger partial charge on any atom is 0.0471 e. The van der Waals surface area contributed by atoms with Crippen LogP contribution >= 0.6 is 0 Å². The number of aromatic amines is 1. The van der Waals surface area contributed by atoms with Gasteiger partial charge < -0.3 is 10.1 Å². The minimum Gasteiger partial charge on any atom is -0.396 e. The number of aromatic nitrogens is 1. The van der Waals surface area contributed by atoms with Crippen LogP contribution in [-0.2, 0) is 19.3 Å². The van der Waals surface area contributed by atoms with E-state index in [0.29, 0.717) is 0 Å². The number of hydrogen-bond acceptors (Lipinski definition) is 1. The van der Waals surface area contributed by atoms with Crippen LogP contribution < -0.4 is 0 Å². The van der Waals surface area contributed by atoms with Gasteiger partial charge in [-0.05, 0) is 48.9 Å². The molecule has 0 bridgehead atoms. The largest absolute Gasteiger partial charge is 0.396 e. The molecule has 3 rings (SSSR count). The van der Waals surface area contributed by atoms with E-state index in [0.717, 1.165) is 6.42 Å². The number of H-pyrrole nitrogens is 1. The molecular formula is C13H15NO. The smallest absolute Gasteiger partial charge is 0.0471 e. The maximum atomic E-state index is 8.93. The fourth-order valence-corrected chi connectivity index (χ4v) is 2.58. The van der Waals surface area contributed by atoms with E-state index in [2.05, 4.69) is 23.2 Å². The van der Waals surface area contributed by atoms with Crippen LogP contribution in [0.1, 0.15) is 23.2 Å². The zero-order valence-corrected chi connectivity index (χ0v) is 8.71. The first-order valence-electron chi connectivity index (χ1n) is 5.61. The van der Waals surface area contributed by atoms with Gasteiger partial charge in [-0.15, -0.1) is 0 Å². The highest BCUT2D eigenvalue weighted by atomic mass is 16.2. The summed E-state index contributed by atoms with van der Waals surface area (Å²) < 4.78 is 0. The molecule has 2 N–H and O–H groups in total. The molecule has 1 heterocycles. The number of hydrogen-bond donors (Lipinski definition) is 2. The van der Waals surface area contributed by atoms with Gasteiger partial charge >= 0.3 is 0 Å². The highest BCUT2D eigenvalue weighted by Gasteiger charge is 2.16. The molecule has 0 fully saturated rings. The van der Waals surface area contributed by atoms with Crippen molar-refractivity contribution in [2.24, 2.45) is 0 Å². The van der Waals surface area contributed by atoms with Crippen molar-refractivity contribution in [1.82, 2.24) is 4.98 Å². The number of benzene rings is 1. The van der Waals surface area contributed by atoms with Crippen LogP contribution in [0.15, 0.2) is 18.2 Å². The summed E-state index contributed by atoms with van der Waals surface area (Å²) in [4.78, 5) is 3.48. The van der Waals surface area contributed by atoms with Crippen LogP contribution in [0, 0.1) is 0 Å². The van der Waals surface area contributed by atoms with Crippen molar-refractivity contribution in [1.29, 1.82) is 0 Å². The molecule has 0 amide bonds. The zero-order valence-electron chi connectivity index (χ0n) is 8.71.